The molecule has 1 unspecified atom stereocenters. The number of nitrogens with zero attached hydrogens (tertiary/aromatic N) is 1. The lowest BCUT2D eigenvalue weighted by Crippen LogP contribution is -2.49. The van der Waals surface area contributed by atoms with Crippen LogP contribution < -0.4 is 9.64 Å². The lowest BCUT2D eigenvalue weighted by atomic mass is 9.69. The molecule has 2 aromatic carbocycles. The van der Waals surface area contributed by atoms with Crippen LogP contribution in [0.5, 0.6) is 5.75 Å². The predicted molar refractivity (Wildman–Crippen MR) is 133 cm³/mol. The molecule has 5 nitrogen and oxygen atoms in total. The van der Waals surface area contributed by atoms with E-state index in [4.69, 9.17) is 21.1 Å². The highest BCUT2D eigenvalue weighted by atomic mass is 35.5. The van der Waals surface area contributed by atoms with Gasteiger partial charge < -0.3 is 14.4 Å². The van der Waals surface area contributed by atoms with Gasteiger partial charge in [0.05, 0.1) is 25.0 Å². The minimum Gasteiger partial charge on any atom is -0.490 e. The van der Waals surface area contributed by atoms with E-state index in [1.165, 1.54) is 24.3 Å². The fraction of sp³-hybridized carbons (Fsp3) is 0.429. The number of benzene rings is 2. The van der Waals surface area contributed by atoms with Crippen LogP contribution in [0.25, 0.3) is 0 Å². The molecular formula is C28H30ClNO4. The average Bonchev–Trinajstić information content (AvgIpc) is 2.98. The summed E-state index contributed by atoms with van der Waals surface area (Å²) in [6.07, 6.45) is 6.45. The monoisotopic (exact) mass is 479 g/mol. The molecule has 1 fully saturated rings. The summed E-state index contributed by atoms with van der Waals surface area (Å²) in [5.74, 6) is 0.781. The summed E-state index contributed by atoms with van der Waals surface area (Å²) in [6.45, 7) is 5.74. The van der Waals surface area contributed by atoms with Gasteiger partial charge in [0.1, 0.15) is 5.75 Å². The van der Waals surface area contributed by atoms with Crippen LogP contribution in [0.1, 0.15) is 47.2 Å². The van der Waals surface area contributed by atoms with E-state index in [9.17, 15) is 9.59 Å². The Morgan fingerprint density at radius 1 is 1.26 bits per heavy atom. The molecule has 34 heavy (non-hydrogen) atoms. The van der Waals surface area contributed by atoms with Gasteiger partial charge in [-0.25, -0.2) is 4.79 Å². The quantitative estimate of drug-likeness (QED) is 0.425. The molecule has 1 saturated carbocycles. The topological polar surface area (TPSA) is 55.8 Å². The number of carbonyl (C=O) groups is 2. The van der Waals surface area contributed by atoms with Crippen LogP contribution in [0.4, 0.5) is 5.69 Å². The van der Waals surface area contributed by atoms with E-state index in [-0.39, 0.29) is 29.0 Å². The molecule has 0 aromatic heterocycles. The maximum absolute atomic E-state index is 12.4. The number of anilines is 1. The predicted octanol–water partition coefficient (Wildman–Crippen LogP) is 5.38. The van der Waals surface area contributed by atoms with Gasteiger partial charge in [-0.1, -0.05) is 24.2 Å². The molecule has 178 valence electrons. The number of fused-ring (bicyclic) bond motifs is 3. The highest BCUT2D eigenvalue weighted by Crippen LogP contribution is 2.46. The van der Waals surface area contributed by atoms with Gasteiger partial charge in [0.15, 0.2) is 5.78 Å². The molecule has 1 aliphatic heterocycles. The number of hydrogen-bond acceptors (Lipinski definition) is 5. The second-order valence-corrected chi connectivity index (χ2v) is 10.3. The third-order valence-corrected chi connectivity index (χ3v) is 8.13. The van der Waals surface area contributed by atoms with Crippen molar-refractivity contribution in [1.29, 1.82) is 0 Å². The summed E-state index contributed by atoms with van der Waals surface area (Å²) in [6, 6.07) is 11.7. The maximum Gasteiger partial charge on any atom is 0.337 e. The number of allylic oxidation sites excluding steroid dienone is 1. The number of ether oxygens (including phenoxy) is 2. The summed E-state index contributed by atoms with van der Waals surface area (Å²) in [5.41, 5.74) is 3.77. The zero-order chi connectivity index (χ0) is 23.9. The molecule has 0 saturated heterocycles. The van der Waals surface area contributed by atoms with Crippen LogP contribution in [0.15, 0.2) is 49.1 Å². The lowest BCUT2D eigenvalue weighted by molar-refractivity contribution is -0.122. The third-order valence-electron chi connectivity index (χ3n) is 7.90. The molecule has 3 atom stereocenters. The number of aryl methyl sites for hydroxylation is 1. The molecule has 2 aliphatic carbocycles. The van der Waals surface area contributed by atoms with Gasteiger partial charge in [0.25, 0.3) is 0 Å². The van der Waals surface area contributed by atoms with Crippen LogP contribution in [0.2, 0.25) is 5.02 Å². The van der Waals surface area contributed by atoms with Gasteiger partial charge in [-0.05, 0) is 85.6 Å². The number of hydrogen-bond donors (Lipinski definition) is 0. The molecule has 0 amide bonds. The number of esters is 1. The van der Waals surface area contributed by atoms with Crippen molar-refractivity contribution in [1.82, 2.24) is 0 Å². The van der Waals surface area contributed by atoms with Gasteiger partial charge in [-0.3, -0.25) is 4.79 Å². The smallest absolute Gasteiger partial charge is 0.337 e. The molecule has 1 spiro atoms. The second kappa shape index (κ2) is 9.10. The van der Waals surface area contributed by atoms with Crippen molar-refractivity contribution in [2.45, 2.75) is 37.5 Å². The van der Waals surface area contributed by atoms with E-state index in [0.29, 0.717) is 12.2 Å². The number of halogens is 1. The molecule has 2 aromatic rings. The first-order valence-corrected chi connectivity index (χ1v) is 12.4. The molecule has 5 rings (SSSR count). The summed E-state index contributed by atoms with van der Waals surface area (Å²) in [4.78, 5) is 27.0. The van der Waals surface area contributed by atoms with E-state index in [1.54, 1.807) is 6.07 Å². The van der Waals surface area contributed by atoms with Crippen molar-refractivity contribution in [3.05, 3.63) is 70.8 Å². The largest absolute Gasteiger partial charge is 0.490 e. The van der Waals surface area contributed by atoms with Crippen LogP contribution >= 0.6 is 11.6 Å². The summed E-state index contributed by atoms with van der Waals surface area (Å²) in [7, 11) is 1.39. The second-order valence-electron chi connectivity index (χ2n) is 9.83. The standard InChI is InChI=1S/C28H30ClNO4/c1-3-25(31)22-9-6-20(22)15-30-16-28(12-4-5-18-13-21(29)8-10-23(18)28)17-34-26-11-7-19(14-24(26)30)27(32)33-2/h3,7-8,10-11,13-14,20,22H,1,4-6,9,12,15-17H2,2H3/t20-,22+,28?/m0/s1. The van der Waals surface area contributed by atoms with E-state index in [1.807, 2.05) is 18.2 Å². The van der Waals surface area contributed by atoms with Crippen LogP contribution in [0, 0.1) is 11.8 Å². The average molecular weight is 480 g/mol. The van der Waals surface area contributed by atoms with Crippen molar-refractivity contribution < 1.29 is 19.1 Å². The first-order valence-electron chi connectivity index (χ1n) is 12.0. The van der Waals surface area contributed by atoms with Crippen molar-refractivity contribution in [2.75, 3.05) is 31.7 Å². The van der Waals surface area contributed by atoms with Gasteiger partial charge >= 0.3 is 5.97 Å². The van der Waals surface area contributed by atoms with Crippen molar-refractivity contribution in [3.8, 4) is 5.75 Å². The van der Waals surface area contributed by atoms with Crippen LogP contribution in [0.3, 0.4) is 0 Å². The lowest BCUT2D eigenvalue weighted by Gasteiger charge is -2.44. The van der Waals surface area contributed by atoms with Gasteiger partial charge in [-0.2, -0.15) is 0 Å². The fourth-order valence-electron chi connectivity index (χ4n) is 5.96. The minimum absolute atomic E-state index is 0.0160. The Hall–Kier alpha value is -2.79. The first kappa shape index (κ1) is 23.0. The number of carbonyl (C=O) groups excluding carboxylic acids is 2. The summed E-state index contributed by atoms with van der Waals surface area (Å²) in [5, 5.41) is 0.758. The molecule has 0 bridgehead atoms. The Morgan fingerprint density at radius 2 is 2.12 bits per heavy atom. The molecule has 0 N–H and O–H groups in total. The van der Waals surface area contributed by atoms with Gasteiger partial charge in [0, 0.05) is 29.4 Å². The van der Waals surface area contributed by atoms with Crippen LogP contribution in [-0.4, -0.2) is 38.6 Å². The number of rotatable bonds is 5. The highest BCUT2D eigenvalue weighted by Gasteiger charge is 2.44. The van der Waals surface area contributed by atoms with E-state index < -0.39 is 0 Å². The molecule has 3 aliphatic rings. The van der Waals surface area contributed by atoms with E-state index in [2.05, 4.69) is 23.6 Å². The summed E-state index contributed by atoms with van der Waals surface area (Å²) >= 11 is 6.33. The Kier molecular flexibility index (Phi) is 6.15. The highest BCUT2D eigenvalue weighted by molar-refractivity contribution is 6.30. The SMILES string of the molecule is C=CC(=O)[C@@H]1CC[C@H]1CN1CC2(CCCc3cc(Cl)ccc32)COc2ccc(C(=O)OC)cc21. The zero-order valence-electron chi connectivity index (χ0n) is 19.5. The van der Waals surface area contributed by atoms with Crippen molar-refractivity contribution in [3.63, 3.8) is 0 Å². The maximum atomic E-state index is 12.4. The molecule has 1 heterocycles. The molecule has 0 radical (unpaired) electrons. The number of methoxy groups -OCH3 is 1. The Bertz CT molecular complexity index is 1150. The first-order chi connectivity index (χ1) is 16.4. The molecule has 6 heteroatoms. The zero-order valence-corrected chi connectivity index (χ0v) is 20.3. The van der Waals surface area contributed by atoms with Crippen LogP contribution in [-0.2, 0) is 21.4 Å². The van der Waals surface area contributed by atoms with Crippen molar-refractivity contribution >= 4 is 29.0 Å². The third kappa shape index (κ3) is 4.00. The Labute approximate surface area is 205 Å². The Balaban J connectivity index is 1.55. The van der Waals surface area contributed by atoms with Crippen molar-refractivity contribution in [2.24, 2.45) is 11.8 Å². The van der Waals surface area contributed by atoms with Gasteiger partial charge in [0.2, 0.25) is 0 Å². The van der Waals surface area contributed by atoms with Gasteiger partial charge in [-0.15, -0.1) is 0 Å². The van der Waals surface area contributed by atoms with E-state index in [0.717, 1.165) is 61.7 Å². The van der Waals surface area contributed by atoms with E-state index >= 15 is 0 Å². The molecular weight excluding hydrogens is 450 g/mol. The normalized spacial score (nSPS) is 25.3. The summed E-state index contributed by atoms with van der Waals surface area (Å²) < 4.78 is 11.4. The Morgan fingerprint density at radius 3 is 2.85 bits per heavy atom. The minimum atomic E-state index is -0.372. The number of ketones is 1. The fourth-order valence-corrected chi connectivity index (χ4v) is 6.15.